The number of thioether (sulfide) groups is 1. The summed E-state index contributed by atoms with van der Waals surface area (Å²) in [6.07, 6.45) is 0.832. The van der Waals surface area contributed by atoms with Crippen molar-refractivity contribution in [2.45, 2.75) is 31.1 Å². The molecule has 2 aliphatic heterocycles. The van der Waals surface area contributed by atoms with Gasteiger partial charge in [-0.25, -0.2) is 12.8 Å². The van der Waals surface area contributed by atoms with E-state index in [2.05, 4.69) is 4.99 Å². The first-order valence-corrected chi connectivity index (χ1v) is 12.5. The van der Waals surface area contributed by atoms with Gasteiger partial charge >= 0.3 is 0 Å². The molecule has 5 nitrogen and oxygen atoms in total. The van der Waals surface area contributed by atoms with Crippen LogP contribution < -0.4 is 0 Å². The summed E-state index contributed by atoms with van der Waals surface area (Å²) in [5.41, 5.74) is 2.99. The normalized spacial score (nSPS) is 23.7. The Morgan fingerprint density at radius 2 is 1.77 bits per heavy atom. The summed E-state index contributed by atoms with van der Waals surface area (Å²) in [6.45, 7) is 2.53. The standard InChI is InChI=1S/C22H23FN2O3S2/c1-15-2-4-17(5-3-15)12-21(26)24-22-25(11-10-16-6-8-18(23)9-7-16)19-13-30(27,28)14-20(19)29-22/h2-9,19-20H,10-14H2,1H3/t19-,20-/m1/s1. The molecule has 0 bridgehead atoms. The zero-order chi connectivity index (χ0) is 21.3. The molecule has 2 atom stereocenters. The highest BCUT2D eigenvalue weighted by Gasteiger charge is 2.48. The number of nitrogens with zero attached hydrogens (tertiary/aromatic N) is 2. The average molecular weight is 447 g/mol. The minimum absolute atomic E-state index is 0.0826. The smallest absolute Gasteiger partial charge is 0.252 e. The number of halogens is 1. The number of sulfone groups is 1. The molecule has 8 heteroatoms. The van der Waals surface area contributed by atoms with E-state index in [0.29, 0.717) is 18.1 Å². The van der Waals surface area contributed by atoms with Crippen LogP contribution in [-0.4, -0.2) is 53.7 Å². The molecule has 2 aromatic rings. The van der Waals surface area contributed by atoms with Gasteiger partial charge < -0.3 is 4.90 Å². The van der Waals surface area contributed by atoms with Crippen LogP contribution in [0.4, 0.5) is 4.39 Å². The highest BCUT2D eigenvalue weighted by Crippen LogP contribution is 2.38. The minimum atomic E-state index is -3.08. The number of hydrogen-bond donors (Lipinski definition) is 0. The van der Waals surface area contributed by atoms with Gasteiger partial charge in [0.25, 0.3) is 5.91 Å². The van der Waals surface area contributed by atoms with Crippen molar-refractivity contribution in [2.75, 3.05) is 18.1 Å². The zero-order valence-electron chi connectivity index (χ0n) is 16.6. The number of aryl methyl sites for hydroxylation is 1. The van der Waals surface area contributed by atoms with Gasteiger partial charge in [-0.3, -0.25) is 4.79 Å². The Hall–Kier alpha value is -2.19. The summed E-state index contributed by atoms with van der Waals surface area (Å²) in [4.78, 5) is 18.9. The highest BCUT2D eigenvalue weighted by molar-refractivity contribution is 8.15. The molecule has 0 aliphatic carbocycles. The fourth-order valence-electron chi connectivity index (χ4n) is 3.82. The molecule has 0 N–H and O–H groups in total. The molecule has 4 rings (SSSR count). The number of aliphatic imine (C=N–C) groups is 1. The maximum atomic E-state index is 13.2. The summed E-state index contributed by atoms with van der Waals surface area (Å²) in [5.74, 6) is -0.336. The van der Waals surface area contributed by atoms with Gasteiger partial charge in [-0.15, -0.1) is 0 Å². The van der Waals surface area contributed by atoms with Crippen LogP contribution >= 0.6 is 11.8 Å². The Balaban J connectivity index is 1.50. The van der Waals surface area contributed by atoms with Crippen LogP contribution in [0.5, 0.6) is 0 Å². The number of carbonyl (C=O) groups excluding carboxylic acids is 1. The lowest BCUT2D eigenvalue weighted by Crippen LogP contribution is -2.39. The van der Waals surface area contributed by atoms with Crippen LogP contribution in [0.15, 0.2) is 53.5 Å². The Kier molecular flexibility index (Phi) is 5.97. The van der Waals surface area contributed by atoms with Crippen LogP contribution in [0.3, 0.4) is 0 Å². The van der Waals surface area contributed by atoms with Crippen molar-refractivity contribution in [2.24, 2.45) is 4.99 Å². The number of rotatable bonds is 5. The van der Waals surface area contributed by atoms with Gasteiger partial charge in [-0.1, -0.05) is 53.7 Å². The van der Waals surface area contributed by atoms with Crippen LogP contribution in [0, 0.1) is 12.7 Å². The van der Waals surface area contributed by atoms with Crippen LogP contribution in [0.25, 0.3) is 0 Å². The maximum Gasteiger partial charge on any atom is 0.252 e. The summed E-state index contributed by atoms with van der Waals surface area (Å²) in [7, 11) is -3.08. The summed E-state index contributed by atoms with van der Waals surface area (Å²) >= 11 is 1.39. The van der Waals surface area contributed by atoms with Crippen LogP contribution in [0.2, 0.25) is 0 Å². The van der Waals surface area contributed by atoms with E-state index in [-0.39, 0.29) is 40.9 Å². The lowest BCUT2D eigenvalue weighted by molar-refractivity contribution is -0.117. The quantitative estimate of drug-likeness (QED) is 0.706. The molecule has 0 saturated carbocycles. The molecule has 2 aromatic carbocycles. The van der Waals surface area contributed by atoms with Gasteiger partial charge in [0.1, 0.15) is 5.82 Å². The number of amidine groups is 1. The number of hydrogen-bond acceptors (Lipinski definition) is 4. The number of benzene rings is 2. The van der Waals surface area contributed by atoms with Crippen molar-refractivity contribution < 1.29 is 17.6 Å². The zero-order valence-corrected chi connectivity index (χ0v) is 18.3. The molecule has 1 amide bonds. The fourth-order valence-corrected chi connectivity index (χ4v) is 7.82. The second-order valence-electron chi connectivity index (χ2n) is 7.82. The second kappa shape index (κ2) is 8.51. The molecular formula is C22H23FN2O3S2. The first kappa shape index (κ1) is 21.1. The minimum Gasteiger partial charge on any atom is -0.346 e. The molecule has 0 spiro atoms. The fraction of sp³-hybridized carbons (Fsp3) is 0.364. The van der Waals surface area contributed by atoms with Crippen molar-refractivity contribution >= 4 is 32.7 Å². The summed E-state index contributed by atoms with van der Waals surface area (Å²) in [6, 6.07) is 13.9. The Morgan fingerprint density at radius 3 is 2.47 bits per heavy atom. The van der Waals surface area contributed by atoms with Crippen molar-refractivity contribution in [3.05, 3.63) is 71.0 Å². The van der Waals surface area contributed by atoms with Gasteiger partial charge in [0.05, 0.1) is 24.0 Å². The molecule has 0 aromatic heterocycles. The van der Waals surface area contributed by atoms with Crippen LogP contribution in [0.1, 0.15) is 16.7 Å². The first-order chi connectivity index (χ1) is 14.3. The van der Waals surface area contributed by atoms with Crippen molar-refractivity contribution in [3.8, 4) is 0 Å². The van der Waals surface area contributed by atoms with Gasteiger partial charge in [-0.2, -0.15) is 4.99 Å². The van der Waals surface area contributed by atoms with E-state index in [4.69, 9.17) is 0 Å². The second-order valence-corrected chi connectivity index (χ2v) is 11.2. The molecule has 158 valence electrons. The number of carbonyl (C=O) groups is 1. The predicted octanol–water partition coefficient (Wildman–Crippen LogP) is 3.02. The largest absolute Gasteiger partial charge is 0.346 e. The number of fused-ring (bicyclic) bond motifs is 1. The Bertz CT molecular complexity index is 1070. The van der Waals surface area contributed by atoms with E-state index in [9.17, 15) is 17.6 Å². The highest BCUT2D eigenvalue weighted by atomic mass is 32.2. The molecule has 0 unspecified atom stereocenters. The lowest BCUT2D eigenvalue weighted by atomic mass is 10.1. The third kappa shape index (κ3) is 4.92. The van der Waals surface area contributed by atoms with E-state index >= 15 is 0 Å². The Labute approximate surface area is 180 Å². The lowest BCUT2D eigenvalue weighted by Gasteiger charge is -2.24. The van der Waals surface area contributed by atoms with E-state index < -0.39 is 9.84 Å². The molecule has 2 aliphatic rings. The molecule has 2 fully saturated rings. The monoisotopic (exact) mass is 446 g/mol. The summed E-state index contributed by atoms with van der Waals surface area (Å²) < 4.78 is 37.4. The molecule has 0 radical (unpaired) electrons. The van der Waals surface area contributed by atoms with Gasteiger partial charge in [-0.05, 0) is 36.6 Å². The Morgan fingerprint density at radius 1 is 1.10 bits per heavy atom. The van der Waals surface area contributed by atoms with Crippen molar-refractivity contribution in [3.63, 3.8) is 0 Å². The van der Waals surface area contributed by atoms with Gasteiger partial charge in [0.15, 0.2) is 15.0 Å². The van der Waals surface area contributed by atoms with E-state index in [1.54, 1.807) is 12.1 Å². The summed E-state index contributed by atoms with van der Waals surface area (Å²) in [5, 5.41) is 0.494. The predicted molar refractivity (Wildman–Crippen MR) is 118 cm³/mol. The SMILES string of the molecule is Cc1ccc(CC(=O)N=C2S[C@@H]3CS(=O)(=O)C[C@H]3N2CCc2ccc(F)cc2)cc1. The molecule has 30 heavy (non-hydrogen) atoms. The van der Waals surface area contributed by atoms with Crippen molar-refractivity contribution in [1.82, 2.24) is 4.90 Å². The average Bonchev–Trinajstić information content (AvgIpc) is 3.14. The number of amides is 1. The van der Waals surface area contributed by atoms with Crippen LogP contribution in [-0.2, 0) is 27.5 Å². The third-order valence-electron chi connectivity index (χ3n) is 5.43. The molecular weight excluding hydrogens is 423 g/mol. The van der Waals surface area contributed by atoms with E-state index in [1.165, 1.54) is 23.9 Å². The van der Waals surface area contributed by atoms with Crippen molar-refractivity contribution in [1.29, 1.82) is 0 Å². The van der Waals surface area contributed by atoms with E-state index in [1.807, 2.05) is 36.1 Å². The van der Waals surface area contributed by atoms with Gasteiger partial charge in [0, 0.05) is 11.8 Å². The van der Waals surface area contributed by atoms with Gasteiger partial charge in [0.2, 0.25) is 0 Å². The molecule has 2 saturated heterocycles. The van der Waals surface area contributed by atoms with E-state index in [0.717, 1.165) is 16.7 Å². The first-order valence-electron chi connectivity index (χ1n) is 9.84. The molecule has 2 heterocycles. The topological polar surface area (TPSA) is 66.8 Å². The maximum absolute atomic E-state index is 13.2. The third-order valence-corrected chi connectivity index (χ3v) is 8.67.